The summed E-state index contributed by atoms with van der Waals surface area (Å²) in [5.41, 5.74) is 2.33. The van der Waals surface area contributed by atoms with Crippen molar-refractivity contribution in [3.8, 4) is 0 Å². The van der Waals surface area contributed by atoms with Crippen LogP contribution in [0, 0.1) is 6.92 Å². The van der Waals surface area contributed by atoms with Crippen LogP contribution in [0.15, 0.2) is 23.7 Å². The third kappa shape index (κ3) is 4.51. The third-order valence-electron chi connectivity index (χ3n) is 3.43. The molecule has 2 aromatic heterocycles. The first-order valence-electron chi connectivity index (χ1n) is 7.41. The van der Waals surface area contributed by atoms with Crippen LogP contribution in [0.4, 0.5) is 5.82 Å². The van der Waals surface area contributed by atoms with Gasteiger partial charge in [-0.05, 0) is 38.4 Å². The van der Waals surface area contributed by atoms with Crippen molar-refractivity contribution < 1.29 is 0 Å². The molecule has 0 saturated carbocycles. The second-order valence-electron chi connectivity index (χ2n) is 5.34. The molecule has 0 aromatic carbocycles. The van der Waals surface area contributed by atoms with E-state index in [4.69, 9.17) is 0 Å². The molecular formula is C16H24N4S. The third-order valence-corrected chi connectivity index (χ3v) is 4.25. The Morgan fingerprint density at radius 1 is 1.38 bits per heavy atom. The van der Waals surface area contributed by atoms with Crippen LogP contribution in [0.2, 0.25) is 0 Å². The molecule has 2 aromatic rings. The molecule has 0 amide bonds. The first kappa shape index (κ1) is 15.9. The number of aromatic nitrogens is 2. The molecule has 0 spiro atoms. The molecule has 114 valence electrons. The number of aryl methyl sites for hydroxylation is 1. The lowest BCUT2D eigenvalue weighted by molar-refractivity contribution is 0.569. The minimum Gasteiger partial charge on any atom is -0.354 e. The summed E-state index contributed by atoms with van der Waals surface area (Å²) in [4.78, 5) is 11.2. The second-order valence-corrected chi connectivity index (χ2v) is 6.40. The van der Waals surface area contributed by atoms with Crippen LogP contribution >= 0.6 is 11.3 Å². The normalized spacial score (nSPS) is 12.4. The molecule has 2 rings (SSSR count). The van der Waals surface area contributed by atoms with Crippen LogP contribution in [0.1, 0.15) is 42.6 Å². The molecule has 0 bridgehead atoms. The molecule has 4 nitrogen and oxygen atoms in total. The van der Waals surface area contributed by atoms with E-state index < -0.39 is 0 Å². The molecule has 1 N–H and O–H groups in total. The molecule has 0 aliphatic carbocycles. The van der Waals surface area contributed by atoms with Crippen molar-refractivity contribution in [2.75, 3.05) is 18.5 Å². The number of thiazole rings is 1. The van der Waals surface area contributed by atoms with Gasteiger partial charge in [0.2, 0.25) is 0 Å². The number of rotatable bonds is 7. The van der Waals surface area contributed by atoms with Crippen LogP contribution in [0.25, 0.3) is 0 Å². The molecule has 0 saturated heterocycles. The van der Waals surface area contributed by atoms with E-state index in [2.05, 4.69) is 58.6 Å². The van der Waals surface area contributed by atoms with Crippen molar-refractivity contribution in [2.24, 2.45) is 0 Å². The summed E-state index contributed by atoms with van der Waals surface area (Å²) in [7, 11) is 2.05. The number of hydrogen-bond donors (Lipinski definition) is 1. The molecule has 1 unspecified atom stereocenters. The largest absolute Gasteiger partial charge is 0.354 e. The Balaban J connectivity index is 1.97. The number of nitrogens with one attached hydrogen (secondary N) is 1. The van der Waals surface area contributed by atoms with Crippen molar-refractivity contribution in [2.45, 2.75) is 39.8 Å². The molecule has 0 aliphatic heterocycles. The summed E-state index contributed by atoms with van der Waals surface area (Å²) < 4.78 is 0. The van der Waals surface area contributed by atoms with E-state index in [1.54, 1.807) is 11.3 Å². The van der Waals surface area contributed by atoms with Crippen molar-refractivity contribution in [1.82, 2.24) is 15.3 Å². The van der Waals surface area contributed by atoms with E-state index in [0.29, 0.717) is 6.04 Å². The smallest absolute Gasteiger partial charge is 0.128 e. The van der Waals surface area contributed by atoms with Gasteiger partial charge in [0, 0.05) is 24.7 Å². The summed E-state index contributed by atoms with van der Waals surface area (Å²) in [5, 5.41) is 6.69. The number of nitrogens with zero attached hydrogens (tertiary/aromatic N) is 3. The molecule has 2 heterocycles. The van der Waals surface area contributed by atoms with E-state index in [-0.39, 0.29) is 0 Å². The highest BCUT2D eigenvalue weighted by Gasteiger charge is 2.08. The van der Waals surface area contributed by atoms with Crippen LogP contribution < -0.4 is 10.2 Å². The molecule has 0 fully saturated rings. The predicted octanol–water partition coefficient (Wildman–Crippen LogP) is 3.54. The van der Waals surface area contributed by atoms with Gasteiger partial charge in [-0.3, -0.25) is 0 Å². The van der Waals surface area contributed by atoms with Gasteiger partial charge in [-0.25, -0.2) is 9.97 Å². The van der Waals surface area contributed by atoms with Gasteiger partial charge in [-0.1, -0.05) is 13.0 Å². The lowest BCUT2D eigenvalue weighted by atomic mass is 10.1. The number of hydrogen-bond acceptors (Lipinski definition) is 5. The fraction of sp³-hybridized carbons (Fsp3) is 0.500. The minimum absolute atomic E-state index is 0.345. The van der Waals surface area contributed by atoms with Crippen molar-refractivity contribution >= 4 is 17.2 Å². The molecule has 0 aliphatic rings. The molecule has 1 atom stereocenters. The number of anilines is 1. The van der Waals surface area contributed by atoms with Crippen LogP contribution in [0.3, 0.4) is 0 Å². The van der Waals surface area contributed by atoms with Crippen LogP contribution in [-0.4, -0.2) is 23.6 Å². The van der Waals surface area contributed by atoms with Crippen molar-refractivity contribution in [3.05, 3.63) is 40.0 Å². The Hall–Kier alpha value is -1.46. The van der Waals surface area contributed by atoms with E-state index in [1.807, 2.05) is 13.1 Å². The van der Waals surface area contributed by atoms with Gasteiger partial charge in [0.15, 0.2) is 0 Å². The Morgan fingerprint density at radius 3 is 2.76 bits per heavy atom. The predicted molar refractivity (Wildman–Crippen MR) is 89.9 cm³/mol. The Bertz CT molecular complexity index is 550. The molecule has 0 radical (unpaired) electrons. The summed E-state index contributed by atoms with van der Waals surface area (Å²) in [6.07, 6.45) is 3.11. The van der Waals surface area contributed by atoms with Gasteiger partial charge >= 0.3 is 0 Å². The Morgan fingerprint density at radius 2 is 2.19 bits per heavy atom. The summed E-state index contributed by atoms with van der Waals surface area (Å²) in [6, 6.07) is 4.58. The first-order valence-corrected chi connectivity index (χ1v) is 8.29. The monoisotopic (exact) mass is 304 g/mol. The lowest BCUT2D eigenvalue weighted by Gasteiger charge is -2.18. The molecular weight excluding hydrogens is 280 g/mol. The lowest BCUT2D eigenvalue weighted by Crippen LogP contribution is -2.20. The summed E-state index contributed by atoms with van der Waals surface area (Å²) in [5.74, 6) is 0.979. The second kappa shape index (κ2) is 7.52. The zero-order chi connectivity index (χ0) is 15.2. The topological polar surface area (TPSA) is 41.0 Å². The van der Waals surface area contributed by atoms with Gasteiger partial charge in [0.05, 0.1) is 17.2 Å². The van der Waals surface area contributed by atoms with Gasteiger partial charge < -0.3 is 10.2 Å². The average Bonchev–Trinajstić information content (AvgIpc) is 2.90. The standard InChI is InChI=1S/C16H24N4S/c1-5-8-17-12(2)14-6-7-16(18-9-14)20(4)10-15-11-21-13(3)19-15/h6-7,9,11-12,17H,5,8,10H2,1-4H3. The van der Waals surface area contributed by atoms with E-state index in [9.17, 15) is 0 Å². The van der Waals surface area contributed by atoms with Gasteiger partial charge in [0.25, 0.3) is 0 Å². The van der Waals surface area contributed by atoms with E-state index >= 15 is 0 Å². The van der Waals surface area contributed by atoms with E-state index in [1.165, 1.54) is 5.56 Å². The SMILES string of the molecule is CCCNC(C)c1ccc(N(C)Cc2csc(C)n2)nc1. The Labute approximate surface area is 131 Å². The zero-order valence-corrected chi connectivity index (χ0v) is 14.1. The quantitative estimate of drug-likeness (QED) is 0.849. The highest BCUT2D eigenvalue weighted by molar-refractivity contribution is 7.09. The van der Waals surface area contributed by atoms with Crippen LogP contribution in [0.5, 0.6) is 0 Å². The highest BCUT2D eigenvalue weighted by Crippen LogP contribution is 2.17. The highest BCUT2D eigenvalue weighted by atomic mass is 32.1. The maximum Gasteiger partial charge on any atom is 0.128 e. The van der Waals surface area contributed by atoms with E-state index in [0.717, 1.165) is 36.0 Å². The minimum atomic E-state index is 0.345. The van der Waals surface area contributed by atoms with Gasteiger partial charge in [-0.2, -0.15) is 0 Å². The van der Waals surface area contributed by atoms with Gasteiger partial charge in [-0.15, -0.1) is 11.3 Å². The summed E-state index contributed by atoms with van der Waals surface area (Å²) in [6.45, 7) is 8.21. The summed E-state index contributed by atoms with van der Waals surface area (Å²) >= 11 is 1.69. The van der Waals surface area contributed by atoms with Crippen molar-refractivity contribution in [1.29, 1.82) is 0 Å². The van der Waals surface area contributed by atoms with Crippen LogP contribution in [-0.2, 0) is 6.54 Å². The van der Waals surface area contributed by atoms with Gasteiger partial charge in [0.1, 0.15) is 5.82 Å². The molecule has 5 heteroatoms. The van der Waals surface area contributed by atoms with Crippen molar-refractivity contribution in [3.63, 3.8) is 0 Å². The number of pyridine rings is 1. The maximum absolute atomic E-state index is 4.57. The molecule has 21 heavy (non-hydrogen) atoms. The fourth-order valence-corrected chi connectivity index (χ4v) is 2.77. The maximum atomic E-state index is 4.57. The Kier molecular flexibility index (Phi) is 5.70. The average molecular weight is 304 g/mol. The first-order chi connectivity index (χ1) is 10.1. The fourth-order valence-electron chi connectivity index (χ4n) is 2.16. The zero-order valence-electron chi connectivity index (χ0n) is 13.3.